The molecule has 0 atom stereocenters. The van der Waals surface area contributed by atoms with Crippen LogP contribution in [0.5, 0.6) is 0 Å². The predicted molar refractivity (Wildman–Crippen MR) is 87.4 cm³/mol. The normalized spacial score (nSPS) is 10.5. The number of carbonyl (C=O) groups excluding carboxylic acids is 2. The Labute approximate surface area is 146 Å². The fourth-order valence-corrected chi connectivity index (χ4v) is 2.50. The highest BCUT2D eigenvalue weighted by molar-refractivity contribution is 6.33. The second-order valence-electron chi connectivity index (χ2n) is 5.05. The first kappa shape index (κ1) is 16.7. The van der Waals surface area contributed by atoms with Gasteiger partial charge in [0.15, 0.2) is 0 Å². The zero-order chi connectivity index (χ0) is 18.0. The lowest BCUT2D eigenvalue weighted by atomic mass is 10.1. The maximum Gasteiger partial charge on any atom is 0.286 e. The third kappa shape index (κ3) is 3.24. The van der Waals surface area contributed by atoms with Crippen LogP contribution in [0, 0.1) is 12.7 Å². The van der Waals surface area contributed by atoms with Gasteiger partial charge in [-0.2, -0.15) is 0 Å². The van der Waals surface area contributed by atoms with Crippen LogP contribution in [0.1, 0.15) is 26.6 Å². The van der Waals surface area contributed by atoms with E-state index in [4.69, 9.17) is 16.1 Å². The summed E-state index contributed by atoms with van der Waals surface area (Å²) in [5, 5.41) is 3.81. The maximum atomic E-state index is 14.1. The van der Waals surface area contributed by atoms with Crippen LogP contribution in [0.4, 0.5) is 4.39 Å². The SMILES string of the molecule is Cc1onc(-c2c(F)cccc2Cl)c1C(=O)NNC(=O)c1ccc[nH]1. The van der Waals surface area contributed by atoms with Gasteiger partial charge in [-0.05, 0) is 31.2 Å². The molecule has 2 heterocycles. The molecule has 0 radical (unpaired) electrons. The summed E-state index contributed by atoms with van der Waals surface area (Å²) >= 11 is 6.02. The number of amides is 2. The molecule has 2 aromatic heterocycles. The van der Waals surface area contributed by atoms with E-state index in [9.17, 15) is 14.0 Å². The van der Waals surface area contributed by atoms with Gasteiger partial charge in [-0.3, -0.25) is 20.4 Å². The minimum absolute atomic E-state index is 0.0289. The molecule has 0 aliphatic rings. The number of hydrazine groups is 1. The third-order valence-electron chi connectivity index (χ3n) is 3.42. The van der Waals surface area contributed by atoms with E-state index in [0.29, 0.717) is 0 Å². The molecule has 25 heavy (non-hydrogen) atoms. The van der Waals surface area contributed by atoms with Crippen LogP contribution >= 0.6 is 11.6 Å². The largest absolute Gasteiger partial charge is 0.360 e. The van der Waals surface area contributed by atoms with Crippen molar-refractivity contribution in [2.45, 2.75) is 6.92 Å². The molecule has 0 unspecified atom stereocenters. The van der Waals surface area contributed by atoms with E-state index in [1.54, 1.807) is 12.3 Å². The third-order valence-corrected chi connectivity index (χ3v) is 3.74. The second kappa shape index (κ2) is 6.78. The number of benzene rings is 1. The molecule has 0 fully saturated rings. The first-order valence-electron chi connectivity index (χ1n) is 7.13. The number of aryl methyl sites for hydroxylation is 1. The Bertz CT molecular complexity index is 917. The van der Waals surface area contributed by atoms with Gasteiger partial charge in [0, 0.05) is 6.20 Å². The first-order chi connectivity index (χ1) is 12.0. The van der Waals surface area contributed by atoms with Gasteiger partial charge in [0.2, 0.25) is 0 Å². The summed E-state index contributed by atoms with van der Waals surface area (Å²) in [6, 6.07) is 7.28. The number of carbonyl (C=O) groups is 2. The van der Waals surface area contributed by atoms with Gasteiger partial charge in [-0.15, -0.1) is 0 Å². The molecular formula is C16H12ClFN4O3. The molecule has 0 saturated heterocycles. The van der Waals surface area contributed by atoms with Crippen molar-refractivity contribution < 1.29 is 18.5 Å². The van der Waals surface area contributed by atoms with Gasteiger partial charge in [0.1, 0.15) is 28.5 Å². The van der Waals surface area contributed by atoms with Crippen molar-refractivity contribution in [3.8, 4) is 11.3 Å². The van der Waals surface area contributed by atoms with E-state index >= 15 is 0 Å². The van der Waals surface area contributed by atoms with Crippen LogP contribution in [-0.4, -0.2) is 22.0 Å². The quantitative estimate of drug-likeness (QED) is 0.624. The lowest BCUT2D eigenvalue weighted by Crippen LogP contribution is -2.42. The number of hydrogen-bond acceptors (Lipinski definition) is 4. The second-order valence-corrected chi connectivity index (χ2v) is 5.46. The maximum absolute atomic E-state index is 14.1. The Morgan fingerprint density at radius 1 is 1.20 bits per heavy atom. The Balaban J connectivity index is 1.87. The molecule has 9 heteroatoms. The molecule has 1 aromatic carbocycles. The topological polar surface area (TPSA) is 100 Å². The number of nitrogens with zero attached hydrogens (tertiary/aromatic N) is 1. The van der Waals surface area contributed by atoms with Crippen molar-refractivity contribution in [2.24, 2.45) is 0 Å². The summed E-state index contributed by atoms with van der Waals surface area (Å²) in [5.74, 6) is -1.75. The summed E-state index contributed by atoms with van der Waals surface area (Å²) in [6.07, 6.45) is 1.57. The molecule has 0 aliphatic carbocycles. The molecule has 2 amide bonds. The highest BCUT2D eigenvalue weighted by Gasteiger charge is 2.25. The summed E-state index contributed by atoms with van der Waals surface area (Å²) < 4.78 is 19.1. The van der Waals surface area contributed by atoms with Crippen molar-refractivity contribution in [1.82, 2.24) is 21.0 Å². The van der Waals surface area contributed by atoms with E-state index in [-0.39, 0.29) is 33.3 Å². The van der Waals surface area contributed by atoms with E-state index in [0.717, 1.165) is 0 Å². The predicted octanol–water partition coefficient (Wildman–Crippen LogP) is 2.85. The molecule has 0 saturated carbocycles. The molecule has 128 valence electrons. The molecule has 0 spiro atoms. The van der Waals surface area contributed by atoms with Crippen LogP contribution in [0.3, 0.4) is 0 Å². The zero-order valence-corrected chi connectivity index (χ0v) is 13.6. The van der Waals surface area contributed by atoms with Gasteiger partial charge in [0.25, 0.3) is 11.8 Å². The van der Waals surface area contributed by atoms with Crippen LogP contribution in [-0.2, 0) is 0 Å². The smallest absolute Gasteiger partial charge is 0.286 e. The lowest BCUT2D eigenvalue weighted by Gasteiger charge is -2.08. The molecule has 3 aromatic rings. The average molecular weight is 363 g/mol. The van der Waals surface area contributed by atoms with Gasteiger partial charge in [0.05, 0.1) is 10.6 Å². The molecular weight excluding hydrogens is 351 g/mol. The Kier molecular flexibility index (Phi) is 4.53. The van der Waals surface area contributed by atoms with E-state index in [1.165, 1.54) is 31.2 Å². The summed E-state index contributed by atoms with van der Waals surface area (Å²) in [4.78, 5) is 27.0. The van der Waals surface area contributed by atoms with E-state index in [1.807, 2.05) is 0 Å². The van der Waals surface area contributed by atoms with Crippen molar-refractivity contribution >= 4 is 23.4 Å². The van der Waals surface area contributed by atoms with Gasteiger partial charge in [-0.25, -0.2) is 4.39 Å². The number of hydrogen-bond donors (Lipinski definition) is 3. The molecule has 7 nitrogen and oxygen atoms in total. The van der Waals surface area contributed by atoms with Gasteiger partial charge in [-0.1, -0.05) is 22.8 Å². The van der Waals surface area contributed by atoms with E-state index < -0.39 is 17.6 Å². The van der Waals surface area contributed by atoms with Crippen molar-refractivity contribution in [1.29, 1.82) is 0 Å². The molecule has 0 aliphatic heterocycles. The van der Waals surface area contributed by atoms with Crippen molar-refractivity contribution in [3.05, 3.63) is 64.4 Å². The minimum atomic E-state index is -0.715. The van der Waals surface area contributed by atoms with Crippen molar-refractivity contribution in [3.63, 3.8) is 0 Å². The van der Waals surface area contributed by atoms with Crippen LogP contribution in [0.25, 0.3) is 11.3 Å². The van der Waals surface area contributed by atoms with Crippen LogP contribution in [0.15, 0.2) is 41.1 Å². The fraction of sp³-hybridized carbons (Fsp3) is 0.0625. The molecule has 3 N–H and O–H groups in total. The lowest BCUT2D eigenvalue weighted by molar-refractivity contribution is 0.0843. The average Bonchev–Trinajstić information content (AvgIpc) is 3.22. The number of nitrogens with one attached hydrogen (secondary N) is 3. The monoisotopic (exact) mass is 362 g/mol. The van der Waals surface area contributed by atoms with Gasteiger partial charge >= 0.3 is 0 Å². The number of halogens is 2. The Morgan fingerprint density at radius 3 is 2.64 bits per heavy atom. The highest BCUT2D eigenvalue weighted by Crippen LogP contribution is 2.33. The minimum Gasteiger partial charge on any atom is -0.360 e. The molecule has 0 bridgehead atoms. The van der Waals surface area contributed by atoms with Crippen molar-refractivity contribution in [2.75, 3.05) is 0 Å². The first-order valence-corrected chi connectivity index (χ1v) is 7.51. The fourth-order valence-electron chi connectivity index (χ4n) is 2.25. The van der Waals surface area contributed by atoms with Crippen LogP contribution < -0.4 is 10.9 Å². The summed E-state index contributed by atoms with van der Waals surface area (Å²) in [6.45, 7) is 1.49. The van der Waals surface area contributed by atoms with Crippen LogP contribution in [0.2, 0.25) is 5.02 Å². The Morgan fingerprint density at radius 2 is 1.96 bits per heavy atom. The number of H-pyrrole nitrogens is 1. The zero-order valence-electron chi connectivity index (χ0n) is 12.9. The highest BCUT2D eigenvalue weighted by atomic mass is 35.5. The summed E-state index contributed by atoms with van der Waals surface area (Å²) in [7, 11) is 0. The van der Waals surface area contributed by atoms with Gasteiger partial charge < -0.3 is 9.51 Å². The molecule has 3 rings (SSSR count). The standard InChI is InChI=1S/C16H12ClFN4O3/c1-8-12(16(24)21-20-15(23)11-6-3-7-19-11)14(22-25-8)13-9(17)4-2-5-10(13)18/h2-7,19H,1H3,(H,20,23)(H,21,24). The summed E-state index contributed by atoms with van der Waals surface area (Å²) in [5.41, 5.74) is 4.61. The van der Waals surface area contributed by atoms with E-state index in [2.05, 4.69) is 21.0 Å². The Hall–Kier alpha value is -3.13. The number of aromatic amines is 1. The number of rotatable bonds is 3. The number of aromatic nitrogens is 2.